The van der Waals surface area contributed by atoms with Gasteiger partial charge in [-0.15, -0.1) is 0 Å². The number of aromatic amines is 1. The topological polar surface area (TPSA) is 223 Å². The van der Waals surface area contributed by atoms with Gasteiger partial charge in [0, 0.05) is 99.2 Å². The Hall–Kier alpha value is -8.13. The number of imidazole rings is 1. The van der Waals surface area contributed by atoms with Crippen LogP contribution in [-0.2, 0) is 13.1 Å². The number of amides is 1. The number of halogens is 1. The number of methoxy groups -OCH3 is 3. The molecule has 4 aromatic heterocycles. The second kappa shape index (κ2) is 24.1. The zero-order valence-corrected chi connectivity index (χ0v) is 42.5. The number of benzene rings is 4. The zero-order chi connectivity index (χ0) is 52.3. The quantitative estimate of drug-likeness (QED) is 0.0850. The Kier molecular flexibility index (Phi) is 17.0. The van der Waals surface area contributed by atoms with Crippen LogP contribution in [0.1, 0.15) is 62.9 Å². The van der Waals surface area contributed by atoms with Gasteiger partial charge in [0.1, 0.15) is 28.4 Å². The van der Waals surface area contributed by atoms with Crippen molar-refractivity contribution in [3.8, 4) is 39.5 Å². The van der Waals surface area contributed by atoms with Gasteiger partial charge in [-0.3, -0.25) is 39.8 Å². The van der Waals surface area contributed by atoms with Crippen molar-refractivity contribution < 1.29 is 33.3 Å². The van der Waals surface area contributed by atoms with Gasteiger partial charge < -0.3 is 34.9 Å². The summed E-state index contributed by atoms with van der Waals surface area (Å²) in [6.45, 7) is 15.9. The highest BCUT2D eigenvalue weighted by Crippen LogP contribution is 2.38. The van der Waals surface area contributed by atoms with Gasteiger partial charge >= 0.3 is 5.97 Å². The average Bonchev–Trinajstić information content (AvgIpc) is 4.12. The number of ether oxygens (including phenoxy) is 3. The van der Waals surface area contributed by atoms with E-state index in [4.69, 9.17) is 19.9 Å². The SMILES string of the molecule is CCN1CCN(Cc2ccc(N)nc2)CC1.COc1cc(C)cc(-c2ccc(C(=O)O)c3nccnc23)c1C.COc1cc(OC)c(F)c(-c2ccc(C(=O)Nc3nc(CN4CCCC4)c[nH]3)c3nccnc23)c1. The van der Waals surface area contributed by atoms with Crippen LogP contribution in [0, 0.1) is 19.7 Å². The Labute approximate surface area is 428 Å². The summed E-state index contributed by atoms with van der Waals surface area (Å²) in [7, 11) is 4.52. The van der Waals surface area contributed by atoms with Crippen molar-refractivity contribution >= 4 is 45.7 Å². The summed E-state index contributed by atoms with van der Waals surface area (Å²) in [5.74, 6) is 0.250. The van der Waals surface area contributed by atoms with Crippen molar-refractivity contribution in [1.29, 1.82) is 0 Å². The smallest absolute Gasteiger partial charge is 0.337 e. The number of rotatable bonds is 13. The minimum absolute atomic E-state index is 0.0424. The molecule has 0 atom stereocenters. The fraction of sp³-hybridized carbons (Fsp3) is 0.309. The van der Waals surface area contributed by atoms with Crippen LogP contribution >= 0.6 is 0 Å². The Balaban J connectivity index is 0.000000160. The Morgan fingerprint density at radius 1 is 0.689 bits per heavy atom. The number of carboxylic acid groups (broad SMARTS) is 1. The largest absolute Gasteiger partial charge is 0.497 e. The van der Waals surface area contributed by atoms with Gasteiger partial charge in [0.2, 0.25) is 5.95 Å². The lowest BCUT2D eigenvalue weighted by Gasteiger charge is -2.33. The number of aryl methyl sites for hydroxylation is 1. The van der Waals surface area contributed by atoms with Crippen LogP contribution in [0.15, 0.2) is 97.8 Å². The van der Waals surface area contributed by atoms with Crippen molar-refractivity contribution in [3.05, 3.63) is 137 Å². The third kappa shape index (κ3) is 12.2. The Morgan fingerprint density at radius 2 is 1.30 bits per heavy atom. The van der Waals surface area contributed by atoms with Crippen LogP contribution in [0.4, 0.5) is 16.2 Å². The maximum absolute atomic E-state index is 15.2. The van der Waals surface area contributed by atoms with Gasteiger partial charge in [-0.2, -0.15) is 0 Å². The number of aromatic carboxylic acids is 1. The Bertz CT molecular complexity index is 3250. The number of nitrogens with zero attached hydrogens (tertiary/aromatic N) is 9. The molecule has 0 spiro atoms. The third-order valence-corrected chi connectivity index (χ3v) is 13.1. The molecule has 2 fully saturated rings. The molecule has 18 nitrogen and oxygen atoms in total. The number of nitrogens with one attached hydrogen (secondary N) is 2. The van der Waals surface area contributed by atoms with Gasteiger partial charge in [0.25, 0.3) is 5.91 Å². The molecule has 74 heavy (non-hydrogen) atoms. The highest BCUT2D eigenvalue weighted by molar-refractivity contribution is 6.13. The first kappa shape index (κ1) is 52.2. The summed E-state index contributed by atoms with van der Waals surface area (Å²) in [6, 6.07) is 17.6. The molecule has 2 aliphatic rings. The minimum Gasteiger partial charge on any atom is -0.497 e. The monoisotopic (exact) mass is 1000 g/mol. The van der Waals surface area contributed by atoms with Gasteiger partial charge in [-0.05, 0) is 98.9 Å². The van der Waals surface area contributed by atoms with E-state index in [-0.39, 0.29) is 16.9 Å². The van der Waals surface area contributed by atoms with Crippen LogP contribution < -0.4 is 25.3 Å². The number of carbonyl (C=O) groups excluding carboxylic acids is 1. The lowest BCUT2D eigenvalue weighted by Crippen LogP contribution is -2.45. The predicted octanol–water partition coefficient (Wildman–Crippen LogP) is 8.45. The van der Waals surface area contributed by atoms with Crippen molar-refractivity contribution in [1.82, 2.24) is 49.6 Å². The highest BCUT2D eigenvalue weighted by atomic mass is 19.1. The second-order valence-electron chi connectivity index (χ2n) is 17.9. The van der Waals surface area contributed by atoms with E-state index in [0.717, 1.165) is 79.5 Å². The number of likely N-dealkylation sites (tertiary alicyclic amines) is 1. The molecule has 6 heterocycles. The van der Waals surface area contributed by atoms with E-state index in [1.165, 1.54) is 70.4 Å². The van der Waals surface area contributed by atoms with E-state index in [1.54, 1.807) is 49.8 Å². The molecule has 0 aliphatic carbocycles. The molecular weight excluding hydrogens is 944 g/mol. The molecule has 0 unspecified atom stereocenters. The lowest BCUT2D eigenvalue weighted by molar-refractivity contribution is 0.0698. The normalized spacial score (nSPS) is 13.9. The van der Waals surface area contributed by atoms with Crippen molar-refractivity contribution in [2.24, 2.45) is 0 Å². The third-order valence-electron chi connectivity index (χ3n) is 13.1. The minimum atomic E-state index is -1.01. The van der Waals surface area contributed by atoms with Gasteiger partial charge in [-0.1, -0.05) is 31.2 Å². The number of anilines is 2. The van der Waals surface area contributed by atoms with Crippen LogP contribution in [0.5, 0.6) is 17.2 Å². The summed E-state index contributed by atoms with van der Waals surface area (Å²) >= 11 is 0. The number of fused-ring (bicyclic) bond motifs is 2. The van der Waals surface area contributed by atoms with Crippen LogP contribution in [-0.4, -0.2) is 134 Å². The summed E-state index contributed by atoms with van der Waals surface area (Å²) in [5, 5.41) is 12.1. The summed E-state index contributed by atoms with van der Waals surface area (Å²) < 4.78 is 31.1. The van der Waals surface area contributed by atoms with E-state index in [2.05, 4.69) is 67.9 Å². The Morgan fingerprint density at radius 3 is 1.91 bits per heavy atom. The van der Waals surface area contributed by atoms with Crippen molar-refractivity contribution in [2.75, 3.05) is 78.2 Å². The number of nitrogen functional groups attached to an aromatic ring is 1. The molecule has 0 radical (unpaired) electrons. The van der Waals surface area contributed by atoms with Gasteiger partial charge in [0.15, 0.2) is 11.6 Å². The molecule has 2 saturated heterocycles. The number of likely N-dealkylation sites (N-methyl/N-ethyl adjacent to an activating group) is 1. The van der Waals surface area contributed by atoms with Gasteiger partial charge in [0.05, 0.1) is 49.2 Å². The molecule has 10 rings (SSSR count). The first-order valence-electron chi connectivity index (χ1n) is 24.4. The number of carboxylic acids is 1. The van der Waals surface area contributed by atoms with Crippen molar-refractivity contribution in [3.63, 3.8) is 0 Å². The van der Waals surface area contributed by atoms with Crippen LogP contribution in [0.25, 0.3) is 44.3 Å². The van der Waals surface area contributed by atoms with Crippen LogP contribution in [0.3, 0.4) is 0 Å². The molecule has 19 heteroatoms. The van der Waals surface area contributed by atoms with E-state index < -0.39 is 17.7 Å². The van der Waals surface area contributed by atoms with Gasteiger partial charge in [-0.25, -0.2) is 19.2 Å². The first-order valence-corrected chi connectivity index (χ1v) is 24.4. The molecule has 8 aromatic rings. The van der Waals surface area contributed by atoms with E-state index >= 15 is 4.39 Å². The summed E-state index contributed by atoms with van der Waals surface area (Å²) in [5.41, 5.74) is 14.3. The van der Waals surface area contributed by atoms with E-state index in [0.29, 0.717) is 50.7 Å². The van der Waals surface area contributed by atoms with Crippen LogP contribution in [0.2, 0.25) is 0 Å². The second-order valence-corrected chi connectivity index (χ2v) is 17.9. The fourth-order valence-corrected chi connectivity index (χ4v) is 9.16. The molecular formula is C55H61FN12O6. The number of aromatic nitrogens is 7. The molecule has 0 saturated carbocycles. The fourth-order valence-electron chi connectivity index (χ4n) is 9.16. The number of hydrogen-bond acceptors (Lipinski definition) is 15. The lowest BCUT2D eigenvalue weighted by atomic mass is 9.95. The molecule has 1 amide bonds. The molecule has 5 N–H and O–H groups in total. The summed E-state index contributed by atoms with van der Waals surface area (Å²) in [6.07, 6.45) is 12.1. The number of H-pyrrole nitrogens is 1. The summed E-state index contributed by atoms with van der Waals surface area (Å²) in [4.78, 5) is 60.8. The maximum Gasteiger partial charge on any atom is 0.337 e. The number of pyridine rings is 1. The number of carbonyl (C=O) groups is 2. The number of nitrogens with two attached hydrogens (primary N) is 1. The number of hydrogen-bond donors (Lipinski definition) is 4. The predicted molar refractivity (Wildman–Crippen MR) is 283 cm³/mol. The van der Waals surface area contributed by atoms with E-state index in [1.807, 2.05) is 38.2 Å². The number of piperazine rings is 1. The van der Waals surface area contributed by atoms with Crippen molar-refractivity contribution in [2.45, 2.75) is 46.7 Å². The molecule has 2 aliphatic heterocycles. The molecule has 4 aromatic carbocycles. The molecule has 384 valence electrons. The maximum atomic E-state index is 15.2. The first-order chi connectivity index (χ1) is 35.9. The standard InChI is InChI=1S/C25H25FN6O3.C18H16N2O3.C12H20N4/c1-34-16-11-19(21(26)20(12-16)35-2)17-5-6-18(23-22(17)27-7-8-28-23)24(33)31-25-29-13-15(30-25)14-32-9-3-4-10-32;1-10-8-14(11(2)15(9-10)23-3)12-4-5-13(18(21)22)17-16(12)19-6-7-20-17;1-2-15-5-7-16(8-6-15)10-11-3-4-12(13)14-9-11/h5-8,11-13H,3-4,9-10,14H2,1-2H3,(H2,29,30,31,33);4-9H,1-3H3,(H,21,22);3-4,9H,2,5-8,10H2,1H3,(H2,13,14). The van der Waals surface area contributed by atoms with E-state index in [9.17, 15) is 14.7 Å². The zero-order valence-electron chi connectivity index (χ0n) is 42.5. The molecule has 0 bridgehead atoms. The average molecular weight is 1010 g/mol. The highest BCUT2D eigenvalue weighted by Gasteiger charge is 2.23.